The van der Waals surface area contributed by atoms with Crippen molar-refractivity contribution in [1.29, 1.82) is 0 Å². The molecule has 1 aliphatic rings. The van der Waals surface area contributed by atoms with Gasteiger partial charge in [0, 0.05) is 37.3 Å². The standard InChI is InChI=1S/C21H25ClN4O3.HI/c1-14-16(22)4-3-5-17(14)26-20(27)9-11-25-21(23-2)24-10-8-15-6-7-18-19(12-15)29-13-28-18;/h3-7,12H,8-11,13H2,1-2H3,(H,26,27)(H2,23,24,25);1H. The van der Waals surface area contributed by atoms with Crippen molar-refractivity contribution < 1.29 is 14.3 Å². The molecule has 2 aromatic rings. The molecule has 1 amide bonds. The van der Waals surface area contributed by atoms with Crippen molar-refractivity contribution in [2.75, 3.05) is 32.2 Å². The zero-order valence-corrected chi connectivity index (χ0v) is 20.0. The molecule has 3 N–H and O–H groups in total. The van der Waals surface area contributed by atoms with Crippen LogP contribution in [0.2, 0.25) is 5.02 Å². The molecule has 0 bridgehead atoms. The summed E-state index contributed by atoms with van der Waals surface area (Å²) < 4.78 is 10.7. The fourth-order valence-electron chi connectivity index (χ4n) is 2.89. The minimum absolute atomic E-state index is 0. The van der Waals surface area contributed by atoms with E-state index in [0.717, 1.165) is 34.7 Å². The minimum Gasteiger partial charge on any atom is -0.454 e. The number of rotatable bonds is 7. The molecule has 7 nitrogen and oxygen atoms in total. The molecule has 0 unspecified atom stereocenters. The van der Waals surface area contributed by atoms with E-state index in [1.165, 1.54) is 0 Å². The summed E-state index contributed by atoms with van der Waals surface area (Å²) in [5.41, 5.74) is 2.73. The summed E-state index contributed by atoms with van der Waals surface area (Å²) in [6, 6.07) is 11.4. The first-order chi connectivity index (χ1) is 14.1. The van der Waals surface area contributed by atoms with Crippen molar-refractivity contribution in [2.24, 2.45) is 4.99 Å². The van der Waals surface area contributed by atoms with Crippen molar-refractivity contribution in [3.8, 4) is 11.5 Å². The van der Waals surface area contributed by atoms with Gasteiger partial charge in [-0.2, -0.15) is 0 Å². The molecular formula is C21H26ClIN4O3. The normalized spacial score (nSPS) is 12.2. The second kappa shape index (κ2) is 11.8. The Morgan fingerprint density at radius 2 is 1.90 bits per heavy atom. The van der Waals surface area contributed by atoms with Gasteiger partial charge in [-0.3, -0.25) is 9.79 Å². The Bertz CT molecular complexity index is 908. The van der Waals surface area contributed by atoms with Crippen LogP contribution in [-0.2, 0) is 11.2 Å². The highest BCUT2D eigenvalue weighted by Gasteiger charge is 2.13. The van der Waals surface area contributed by atoms with Crippen molar-refractivity contribution in [2.45, 2.75) is 19.8 Å². The van der Waals surface area contributed by atoms with E-state index in [9.17, 15) is 4.79 Å². The molecule has 0 spiro atoms. The van der Waals surface area contributed by atoms with E-state index in [2.05, 4.69) is 20.9 Å². The molecule has 30 heavy (non-hydrogen) atoms. The van der Waals surface area contributed by atoms with Crippen LogP contribution in [0.25, 0.3) is 0 Å². The van der Waals surface area contributed by atoms with E-state index in [-0.39, 0.29) is 36.7 Å². The van der Waals surface area contributed by atoms with Crippen molar-refractivity contribution >= 4 is 53.1 Å². The molecule has 0 fully saturated rings. The van der Waals surface area contributed by atoms with Crippen LogP contribution in [0, 0.1) is 6.92 Å². The first-order valence-corrected chi connectivity index (χ1v) is 9.82. The van der Waals surface area contributed by atoms with Gasteiger partial charge in [0.25, 0.3) is 0 Å². The van der Waals surface area contributed by atoms with Crippen LogP contribution in [0.15, 0.2) is 41.4 Å². The summed E-state index contributed by atoms with van der Waals surface area (Å²) in [5, 5.41) is 9.91. The molecule has 0 aromatic heterocycles. The molecule has 3 rings (SSSR count). The van der Waals surface area contributed by atoms with Crippen LogP contribution in [-0.4, -0.2) is 38.8 Å². The van der Waals surface area contributed by atoms with Gasteiger partial charge in [0.15, 0.2) is 17.5 Å². The Morgan fingerprint density at radius 3 is 2.70 bits per heavy atom. The predicted octanol–water partition coefficient (Wildman–Crippen LogP) is 3.73. The van der Waals surface area contributed by atoms with Crippen LogP contribution in [0.5, 0.6) is 11.5 Å². The number of amides is 1. The summed E-state index contributed by atoms with van der Waals surface area (Å²) in [6.45, 7) is 3.32. The van der Waals surface area contributed by atoms with Crippen LogP contribution >= 0.6 is 35.6 Å². The number of hydrogen-bond donors (Lipinski definition) is 3. The van der Waals surface area contributed by atoms with E-state index in [1.54, 1.807) is 13.1 Å². The lowest BCUT2D eigenvalue weighted by Crippen LogP contribution is -2.39. The second-order valence-corrected chi connectivity index (χ2v) is 6.98. The van der Waals surface area contributed by atoms with Crippen molar-refractivity contribution in [3.63, 3.8) is 0 Å². The number of ether oxygens (including phenoxy) is 2. The van der Waals surface area contributed by atoms with Crippen LogP contribution < -0.4 is 25.4 Å². The fourth-order valence-corrected chi connectivity index (χ4v) is 3.07. The third kappa shape index (κ3) is 6.66. The van der Waals surface area contributed by atoms with Crippen LogP contribution in [0.4, 0.5) is 5.69 Å². The van der Waals surface area contributed by atoms with Crippen molar-refractivity contribution in [3.05, 3.63) is 52.5 Å². The number of benzene rings is 2. The second-order valence-electron chi connectivity index (χ2n) is 6.57. The van der Waals surface area contributed by atoms with Gasteiger partial charge >= 0.3 is 0 Å². The Hall–Kier alpha value is -2.20. The summed E-state index contributed by atoms with van der Waals surface area (Å²) in [7, 11) is 1.70. The van der Waals surface area contributed by atoms with E-state index in [4.69, 9.17) is 21.1 Å². The predicted molar refractivity (Wildman–Crippen MR) is 130 cm³/mol. The first kappa shape index (κ1) is 24.1. The summed E-state index contributed by atoms with van der Waals surface area (Å²) in [4.78, 5) is 16.3. The van der Waals surface area contributed by atoms with Gasteiger partial charge in [-0.25, -0.2) is 0 Å². The number of halogens is 2. The first-order valence-electron chi connectivity index (χ1n) is 9.45. The molecular weight excluding hydrogens is 519 g/mol. The molecule has 1 aliphatic heterocycles. The number of carbonyl (C=O) groups excluding carboxylic acids is 1. The number of anilines is 1. The van der Waals surface area contributed by atoms with Gasteiger partial charge in [0.2, 0.25) is 12.7 Å². The number of aliphatic imine (C=N–C) groups is 1. The van der Waals surface area contributed by atoms with E-state index >= 15 is 0 Å². The highest BCUT2D eigenvalue weighted by Crippen LogP contribution is 2.32. The fraction of sp³-hybridized carbons (Fsp3) is 0.333. The molecule has 0 saturated heterocycles. The molecule has 0 aliphatic carbocycles. The molecule has 1 heterocycles. The lowest BCUT2D eigenvalue weighted by atomic mass is 10.1. The highest BCUT2D eigenvalue weighted by molar-refractivity contribution is 14.0. The smallest absolute Gasteiger partial charge is 0.231 e. The van der Waals surface area contributed by atoms with Gasteiger partial charge < -0.3 is 25.4 Å². The summed E-state index contributed by atoms with van der Waals surface area (Å²) >= 11 is 6.08. The van der Waals surface area contributed by atoms with Gasteiger partial charge in [-0.1, -0.05) is 23.7 Å². The summed E-state index contributed by atoms with van der Waals surface area (Å²) in [5.74, 6) is 2.13. The number of carbonyl (C=O) groups is 1. The average Bonchev–Trinajstić information content (AvgIpc) is 3.18. The average molecular weight is 545 g/mol. The Balaban J connectivity index is 0.00000320. The van der Waals surface area contributed by atoms with Crippen molar-refractivity contribution in [1.82, 2.24) is 10.6 Å². The molecule has 0 atom stereocenters. The Kier molecular flexibility index (Phi) is 9.51. The highest BCUT2D eigenvalue weighted by atomic mass is 127. The molecule has 0 radical (unpaired) electrons. The van der Waals surface area contributed by atoms with E-state index in [1.807, 2.05) is 37.3 Å². The monoisotopic (exact) mass is 544 g/mol. The number of nitrogens with zero attached hydrogens (tertiary/aromatic N) is 1. The largest absolute Gasteiger partial charge is 0.454 e. The molecule has 9 heteroatoms. The van der Waals surface area contributed by atoms with E-state index < -0.39 is 0 Å². The number of fused-ring (bicyclic) bond motifs is 1. The zero-order valence-electron chi connectivity index (χ0n) is 17.0. The Morgan fingerprint density at radius 1 is 1.13 bits per heavy atom. The maximum absolute atomic E-state index is 12.2. The Labute approximate surface area is 198 Å². The van der Waals surface area contributed by atoms with Gasteiger partial charge in [0.1, 0.15) is 0 Å². The quantitative estimate of drug-likeness (QED) is 0.281. The number of nitrogens with one attached hydrogen (secondary N) is 3. The molecule has 2 aromatic carbocycles. The van der Waals surface area contributed by atoms with Gasteiger partial charge in [0.05, 0.1) is 0 Å². The maximum atomic E-state index is 12.2. The van der Waals surface area contributed by atoms with Gasteiger partial charge in [-0.15, -0.1) is 24.0 Å². The number of guanidine groups is 1. The topological polar surface area (TPSA) is 84.0 Å². The minimum atomic E-state index is -0.0846. The third-order valence-corrected chi connectivity index (χ3v) is 4.96. The SMILES string of the molecule is CN=C(NCCC(=O)Nc1cccc(Cl)c1C)NCCc1ccc2c(c1)OCO2.I. The molecule has 162 valence electrons. The molecule has 0 saturated carbocycles. The van der Waals surface area contributed by atoms with Crippen LogP contribution in [0.1, 0.15) is 17.5 Å². The maximum Gasteiger partial charge on any atom is 0.231 e. The van der Waals surface area contributed by atoms with Crippen LogP contribution in [0.3, 0.4) is 0 Å². The lowest BCUT2D eigenvalue weighted by molar-refractivity contribution is -0.116. The lowest BCUT2D eigenvalue weighted by Gasteiger charge is -2.13. The van der Waals surface area contributed by atoms with E-state index in [0.29, 0.717) is 30.5 Å². The zero-order chi connectivity index (χ0) is 20.6. The summed E-state index contributed by atoms with van der Waals surface area (Å²) in [6.07, 6.45) is 1.13. The third-order valence-electron chi connectivity index (χ3n) is 4.55. The number of hydrogen-bond acceptors (Lipinski definition) is 4. The van der Waals surface area contributed by atoms with Gasteiger partial charge in [-0.05, 0) is 48.7 Å².